The van der Waals surface area contributed by atoms with Crippen molar-refractivity contribution in [1.29, 1.82) is 0 Å². The van der Waals surface area contributed by atoms with E-state index in [1.807, 2.05) is 20.8 Å². The second-order valence-electron chi connectivity index (χ2n) is 5.34. The summed E-state index contributed by atoms with van der Waals surface area (Å²) in [6.45, 7) is 6.75. The molecule has 0 aromatic carbocycles. The van der Waals surface area contributed by atoms with E-state index >= 15 is 0 Å². The van der Waals surface area contributed by atoms with Crippen molar-refractivity contribution in [1.82, 2.24) is 4.90 Å². The van der Waals surface area contributed by atoms with E-state index in [9.17, 15) is 9.59 Å². The second-order valence-corrected chi connectivity index (χ2v) is 6.54. The lowest BCUT2D eigenvalue weighted by Gasteiger charge is -2.32. The molecule has 2 aliphatic heterocycles. The first-order valence-corrected chi connectivity index (χ1v) is 6.62. The molecule has 0 bridgehead atoms. The maximum absolute atomic E-state index is 11.9. The number of carbonyl (C=O) groups is 2. The molecule has 5 heteroatoms. The maximum atomic E-state index is 11.9. The summed E-state index contributed by atoms with van der Waals surface area (Å²) in [5.74, 6) is 0. The molecule has 1 fully saturated rings. The Labute approximate surface area is 105 Å². The predicted molar refractivity (Wildman–Crippen MR) is 66.9 cm³/mol. The molecule has 0 spiro atoms. The standard InChI is InChI=1S/C12H17NO3S/c1-12(2,3)16-11(15)13-5-4-9-8(7-13)6-10(14)17-9/h6,9H,4-5,7H2,1-3H3. The van der Waals surface area contributed by atoms with Gasteiger partial charge in [-0.3, -0.25) is 4.79 Å². The van der Waals surface area contributed by atoms with Crippen molar-refractivity contribution in [2.75, 3.05) is 13.1 Å². The van der Waals surface area contributed by atoms with Gasteiger partial charge in [-0.05, 0) is 38.8 Å². The van der Waals surface area contributed by atoms with Gasteiger partial charge in [0.05, 0.1) is 0 Å². The van der Waals surface area contributed by atoms with Crippen LogP contribution in [0.2, 0.25) is 0 Å². The SMILES string of the molecule is CC(C)(C)OC(=O)N1CCC2SC(=O)C=C2C1. The fraction of sp³-hybridized carbons (Fsp3) is 0.667. The predicted octanol–water partition coefficient (Wildman–Crippen LogP) is 2.20. The van der Waals surface area contributed by atoms with Crippen LogP contribution in [0.15, 0.2) is 11.6 Å². The van der Waals surface area contributed by atoms with Crippen LogP contribution in [-0.4, -0.2) is 40.0 Å². The van der Waals surface area contributed by atoms with Crippen LogP contribution in [0.5, 0.6) is 0 Å². The topological polar surface area (TPSA) is 46.6 Å². The fourth-order valence-electron chi connectivity index (χ4n) is 1.94. The third kappa shape index (κ3) is 3.03. The van der Waals surface area contributed by atoms with Crippen molar-refractivity contribution in [3.63, 3.8) is 0 Å². The normalized spacial score (nSPS) is 24.4. The Hall–Kier alpha value is -0.970. The molecule has 1 saturated heterocycles. The van der Waals surface area contributed by atoms with Gasteiger partial charge >= 0.3 is 6.09 Å². The highest BCUT2D eigenvalue weighted by Gasteiger charge is 2.34. The summed E-state index contributed by atoms with van der Waals surface area (Å²) in [7, 11) is 0. The molecule has 4 nitrogen and oxygen atoms in total. The lowest BCUT2D eigenvalue weighted by molar-refractivity contribution is -0.106. The summed E-state index contributed by atoms with van der Waals surface area (Å²) < 4.78 is 5.32. The molecule has 0 radical (unpaired) electrons. The zero-order chi connectivity index (χ0) is 12.6. The molecule has 0 aromatic rings. The zero-order valence-electron chi connectivity index (χ0n) is 10.4. The molecule has 0 aliphatic carbocycles. The minimum Gasteiger partial charge on any atom is -0.444 e. The van der Waals surface area contributed by atoms with E-state index in [1.165, 1.54) is 11.8 Å². The van der Waals surface area contributed by atoms with Crippen LogP contribution >= 0.6 is 11.8 Å². The van der Waals surface area contributed by atoms with Crippen LogP contribution in [0, 0.1) is 0 Å². The zero-order valence-corrected chi connectivity index (χ0v) is 11.2. The van der Waals surface area contributed by atoms with Crippen LogP contribution in [-0.2, 0) is 9.53 Å². The lowest BCUT2D eigenvalue weighted by atomic mass is 10.0. The van der Waals surface area contributed by atoms with Crippen LogP contribution in [0.25, 0.3) is 0 Å². The Kier molecular flexibility index (Phi) is 3.21. The van der Waals surface area contributed by atoms with E-state index in [-0.39, 0.29) is 16.5 Å². The van der Waals surface area contributed by atoms with E-state index in [4.69, 9.17) is 4.74 Å². The number of nitrogens with zero attached hydrogens (tertiary/aromatic N) is 1. The van der Waals surface area contributed by atoms with Crippen molar-refractivity contribution in [3.8, 4) is 0 Å². The van der Waals surface area contributed by atoms with Crippen molar-refractivity contribution < 1.29 is 14.3 Å². The Morgan fingerprint density at radius 2 is 2.24 bits per heavy atom. The Morgan fingerprint density at radius 3 is 2.88 bits per heavy atom. The highest BCUT2D eigenvalue weighted by atomic mass is 32.2. The average molecular weight is 255 g/mol. The molecule has 1 atom stereocenters. The molecule has 0 saturated carbocycles. The number of hydrogen-bond acceptors (Lipinski definition) is 4. The number of carbonyl (C=O) groups excluding carboxylic acids is 2. The summed E-state index contributed by atoms with van der Waals surface area (Å²) in [6.07, 6.45) is 2.20. The summed E-state index contributed by atoms with van der Waals surface area (Å²) in [5.41, 5.74) is 0.583. The Balaban J connectivity index is 1.98. The van der Waals surface area contributed by atoms with Crippen molar-refractivity contribution in [2.24, 2.45) is 0 Å². The second kappa shape index (κ2) is 4.37. The third-order valence-electron chi connectivity index (χ3n) is 2.66. The Bertz CT molecular complexity index is 384. The molecule has 94 valence electrons. The van der Waals surface area contributed by atoms with Gasteiger partial charge in [0.15, 0.2) is 0 Å². The molecule has 1 unspecified atom stereocenters. The number of fused-ring (bicyclic) bond motifs is 1. The molecule has 2 rings (SSSR count). The largest absolute Gasteiger partial charge is 0.444 e. The van der Waals surface area contributed by atoms with E-state index < -0.39 is 5.60 Å². The molecular weight excluding hydrogens is 238 g/mol. The number of ether oxygens (including phenoxy) is 1. The number of piperidine rings is 1. The van der Waals surface area contributed by atoms with Crippen molar-refractivity contribution >= 4 is 23.0 Å². The molecule has 1 amide bonds. The minimum absolute atomic E-state index is 0.107. The van der Waals surface area contributed by atoms with Crippen LogP contribution in [0.3, 0.4) is 0 Å². The van der Waals surface area contributed by atoms with Crippen LogP contribution < -0.4 is 0 Å². The summed E-state index contributed by atoms with van der Waals surface area (Å²) in [6, 6.07) is 0. The van der Waals surface area contributed by atoms with E-state index in [2.05, 4.69) is 0 Å². The first-order chi connectivity index (χ1) is 7.85. The Morgan fingerprint density at radius 1 is 1.53 bits per heavy atom. The van der Waals surface area contributed by atoms with Gasteiger partial charge in [0.2, 0.25) is 5.12 Å². The lowest BCUT2D eigenvalue weighted by Crippen LogP contribution is -2.42. The van der Waals surface area contributed by atoms with Gasteiger partial charge in [0.25, 0.3) is 0 Å². The third-order valence-corrected chi connectivity index (χ3v) is 3.83. The number of rotatable bonds is 0. The molecule has 0 aromatic heterocycles. The maximum Gasteiger partial charge on any atom is 0.410 e. The fourth-order valence-corrected chi connectivity index (χ4v) is 2.96. The first kappa shape index (κ1) is 12.5. The minimum atomic E-state index is -0.470. The molecular formula is C12H17NO3S. The highest BCUT2D eigenvalue weighted by molar-refractivity contribution is 8.15. The quantitative estimate of drug-likeness (QED) is 0.665. The number of amides is 1. The van der Waals surface area contributed by atoms with Gasteiger partial charge in [-0.2, -0.15) is 0 Å². The van der Waals surface area contributed by atoms with Gasteiger partial charge < -0.3 is 9.64 Å². The smallest absolute Gasteiger partial charge is 0.410 e. The summed E-state index contributed by atoms with van der Waals surface area (Å²) in [4.78, 5) is 24.8. The van der Waals surface area contributed by atoms with Gasteiger partial charge in [0.1, 0.15) is 5.60 Å². The van der Waals surface area contributed by atoms with Gasteiger partial charge in [-0.15, -0.1) is 0 Å². The molecule has 2 aliphatic rings. The molecule has 0 N–H and O–H groups in total. The molecule has 17 heavy (non-hydrogen) atoms. The molecule has 2 heterocycles. The first-order valence-electron chi connectivity index (χ1n) is 5.74. The van der Waals surface area contributed by atoms with E-state index in [0.717, 1.165) is 12.0 Å². The van der Waals surface area contributed by atoms with Crippen LogP contribution in [0.1, 0.15) is 27.2 Å². The van der Waals surface area contributed by atoms with Crippen molar-refractivity contribution in [3.05, 3.63) is 11.6 Å². The number of thioether (sulfide) groups is 1. The average Bonchev–Trinajstić information content (AvgIpc) is 2.53. The monoisotopic (exact) mass is 255 g/mol. The highest BCUT2D eigenvalue weighted by Crippen LogP contribution is 2.34. The van der Waals surface area contributed by atoms with Crippen molar-refractivity contribution in [2.45, 2.75) is 38.0 Å². The van der Waals surface area contributed by atoms with E-state index in [0.29, 0.717) is 13.1 Å². The number of hydrogen-bond donors (Lipinski definition) is 0. The number of likely N-dealkylation sites (tertiary alicyclic amines) is 1. The van der Waals surface area contributed by atoms with E-state index in [1.54, 1.807) is 11.0 Å². The summed E-state index contributed by atoms with van der Waals surface area (Å²) in [5, 5.41) is 0.386. The van der Waals surface area contributed by atoms with Gasteiger partial charge in [-0.25, -0.2) is 4.79 Å². The van der Waals surface area contributed by atoms with Crippen LogP contribution in [0.4, 0.5) is 4.79 Å². The van der Waals surface area contributed by atoms with Gasteiger partial charge in [-0.1, -0.05) is 11.8 Å². The van der Waals surface area contributed by atoms with Gasteiger partial charge in [0, 0.05) is 18.3 Å². The summed E-state index contributed by atoms with van der Waals surface area (Å²) >= 11 is 1.37.